The second kappa shape index (κ2) is 11.0. The highest BCUT2D eigenvalue weighted by Crippen LogP contribution is 2.53. The molecule has 4 aromatic rings. The average molecular weight is 610 g/mol. The summed E-state index contributed by atoms with van der Waals surface area (Å²) in [6.45, 7) is 9.36. The number of hydrogen-bond acceptors (Lipinski definition) is 3. The number of ether oxygens (including phenoxy) is 1. The molecule has 2 amide bonds. The van der Waals surface area contributed by atoms with Crippen LogP contribution in [0.15, 0.2) is 126 Å². The van der Waals surface area contributed by atoms with Gasteiger partial charge in [-0.1, -0.05) is 119 Å². The van der Waals surface area contributed by atoms with Crippen molar-refractivity contribution in [2.45, 2.75) is 43.9 Å². The van der Waals surface area contributed by atoms with Crippen molar-refractivity contribution in [1.29, 1.82) is 0 Å². The largest absolute Gasteiger partial charge is 0.444 e. The maximum absolute atomic E-state index is 15.2. The van der Waals surface area contributed by atoms with Crippen LogP contribution in [-0.4, -0.2) is 17.6 Å². The molecule has 5 rings (SSSR count). The number of hydrogen-bond donors (Lipinski definition) is 1. The predicted molar refractivity (Wildman–Crippen MR) is 167 cm³/mol. The van der Waals surface area contributed by atoms with Crippen molar-refractivity contribution in [2.24, 2.45) is 0 Å². The van der Waals surface area contributed by atoms with Gasteiger partial charge in [0.05, 0.1) is 5.69 Å². The highest BCUT2D eigenvalue weighted by Gasteiger charge is 2.59. The lowest BCUT2D eigenvalue weighted by atomic mass is 9.75. The number of amides is 2. The Morgan fingerprint density at radius 2 is 1.37 bits per heavy atom. The number of nitrogens with zero attached hydrogens (tertiary/aromatic N) is 1. The van der Waals surface area contributed by atoms with Crippen LogP contribution in [0.3, 0.4) is 0 Å². The van der Waals surface area contributed by atoms with E-state index in [1.807, 2.05) is 114 Å². The standard InChI is InChI=1S/C35H33BrN2O3/c1-5-23-34(37-32(40)41-33(2,3)4)29-22-21-28(36)24-30(29)38(31(34)39)35(25-15-9-6-10-16-25,26-17-11-7-12-18-26)27-19-13-8-14-20-27/h5-22,24H,1,23H2,2-4H3,(H,37,40)/t34-/m1/s1. The third-order valence-electron chi connectivity index (χ3n) is 7.30. The van der Waals surface area contributed by atoms with E-state index in [1.165, 1.54) is 0 Å². The Morgan fingerprint density at radius 3 is 1.80 bits per heavy atom. The SMILES string of the molecule is C=CC[C@]1(NC(=O)OC(C)(C)C)C(=O)N(C(c2ccccc2)(c2ccccc2)c2ccccc2)c2cc(Br)ccc21. The van der Waals surface area contributed by atoms with Crippen molar-refractivity contribution in [2.75, 3.05) is 4.90 Å². The Kier molecular flexibility index (Phi) is 7.62. The average Bonchev–Trinajstić information content (AvgIpc) is 3.17. The van der Waals surface area contributed by atoms with Gasteiger partial charge in [-0.3, -0.25) is 9.69 Å². The number of benzene rings is 4. The van der Waals surface area contributed by atoms with Crippen LogP contribution in [0.25, 0.3) is 0 Å². The molecule has 1 N–H and O–H groups in total. The Bertz CT molecular complexity index is 1470. The van der Waals surface area contributed by atoms with Gasteiger partial charge in [0.25, 0.3) is 5.91 Å². The summed E-state index contributed by atoms with van der Waals surface area (Å²) in [5.41, 5.74) is 0.807. The molecule has 0 unspecified atom stereocenters. The molecule has 208 valence electrons. The Labute approximate surface area is 250 Å². The van der Waals surface area contributed by atoms with Crippen LogP contribution in [0.2, 0.25) is 0 Å². The third kappa shape index (κ3) is 4.97. The van der Waals surface area contributed by atoms with E-state index in [9.17, 15) is 4.79 Å². The topological polar surface area (TPSA) is 58.6 Å². The molecule has 0 radical (unpaired) electrons. The number of alkyl carbamates (subject to hydrolysis) is 1. The molecule has 0 saturated heterocycles. The molecule has 41 heavy (non-hydrogen) atoms. The fourth-order valence-electron chi connectivity index (χ4n) is 5.79. The molecule has 5 nitrogen and oxygen atoms in total. The Hall–Kier alpha value is -4.16. The molecule has 0 spiro atoms. The number of anilines is 1. The van der Waals surface area contributed by atoms with Gasteiger partial charge in [0, 0.05) is 16.5 Å². The summed E-state index contributed by atoms with van der Waals surface area (Å²) in [4.78, 5) is 30.4. The third-order valence-corrected chi connectivity index (χ3v) is 7.80. The monoisotopic (exact) mass is 608 g/mol. The van der Waals surface area contributed by atoms with Crippen LogP contribution in [0.4, 0.5) is 10.5 Å². The van der Waals surface area contributed by atoms with E-state index in [4.69, 9.17) is 4.74 Å². The molecule has 1 atom stereocenters. The Balaban J connectivity index is 1.87. The second-order valence-electron chi connectivity index (χ2n) is 11.1. The van der Waals surface area contributed by atoms with Crippen LogP contribution in [0, 0.1) is 0 Å². The van der Waals surface area contributed by atoms with Gasteiger partial charge >= 0.3 is 6.09 Å². The summed E-state index contributed by atoms with van der Waals surface area (Å²) in [5.74, 6) is -0.284. The highest BCUT2D eigenvalue weighted by molar-refractivity contribution is 9.10. The molecular formula is C35H33BrN2O3. The molecule has 1 aliphatic rings. The fourth-order valence-corrected chi connectivity index (χ4v) is 6.14. The summed E-state index contributed by atoms with van der Waals surface area (Å²) in [6.07, 6.45) is 1.16. The lowest BCUT2D eigenvalue weighted by Crippen LogP contribution is -2.58. The first-order chi connectivity index (χ1) is 19.6. The first kappa shape index (κ1) is 28.4. The molecular weight excluding hydrogens is 576 g/mol. The van der Waals surface area contributed by atoms with E-state index in [0.717, 1.165) is 21.2 Å². The van der Waals surface area contributed by atoms with Crippen LogP contribution in [0.5, 0.6) is 0 Å². The summed E-state index contributed by atoms with van der Waals surface area (Å²) in [6, 6.07) is 35.7. The van der Waals surface area contributed by atoms with Gasteiger partial charge in [-0.2, -0.15) is 0 Å². The number of halogens is 1. The zero-order valence-electron chi connectivity index (χ0n) is 23.4. The van der Waals surface area contributed by atoms with Gasteiger partial charge in [0.2, 0.25) is 0 Å². The van der Waals surface area contributed by atoms with Gasteiger partial charge < -0.3 is 10.1 Å². The van der Waals surface area contributed by atoms with Gasteiger partial charge in [-0.05, 0) is 49.6 Å². The molecule has 0 aromatic heterocycles. The Morgan fingerprint density at radius 1 is 0.878 bits per heavy atom. The molecule has 0 bridgehead atoms. The summed E-state index contributed by atoms with van der Waals surface area (Å²) in [7, 11) is 0. The minimum Gasteiger partial charge on any atom is -0.444 e. The van der Waals surface area contributed by atoms with Gasteiger partial charge in [-0.25, -0.2) is 4.79 Å². The molecule has 4 aromatic carbocycles. The van der Waals surface area contributed by atoms with Crippen LogP contribution >= 0.6 is 15.9 Å². The zero-order chi connectivity index (χ0) is 29.3. The van der Waals surface area contributed by atoms with E-state index in [1.54, 1.807) is 26.8 Å². The zero-order valence-corrected chi connectivity index (χ0v) is 25.0. The molecule has 1 heterocycles. The van der Waals surface area contributed by atoms with Crippen molar-refractivity contribution in [3.8, 4) is 0 Å². The van der Waals surface area contributed by atoms with Crippen LogP contribution in [0.1, 0.15) is 49.4 Å². The van der Waals surface area contributed by atoms with Crippen molar-refractivity contribution >= 4 is 33.6 Å². The first-order valence-electron chi connectivity index (χ1n) is 13.6. The molecule has 0 fully saturated rings. The van der Waals surface area contributed by atoms with Crippen molar-refractivity contribution < 1.29 is 14.3 Å². The summed E-state index contributed by atoms with van der Waals surface area (Å²) in [5, 5.41) is 2.99. The van der Waals surface area contributed by atoms with Gasteiger partial charge in [-0.15, -0.1) is 6.58 Å². The molecule has 0 saturated carbocycles. The molecule has 6 heteroatoms. The maximum Gasteiger partial charge on any atom is 0.408 e. The number of nitrogens with one attached hydrogen (secondary N) is 1. The maximum atomic E-state index is 15.2. The van der Waals surface area contributed by atoms with Crippen LogP contribution < -0.4 is 10.2 Å². The van der Waals surface area contributed by atoms with Crippen molar-refractivity contribution in [3.05, 3.63) is 149 Å². The number of fused-ring (bicyclic) bond motifs is 1. The van der Waals surface area contributed by atoms with E-state index >= 15 is 4.79 Å². The fraction of sp³-hybridized carbons (Fsp3) is 0.200. The van der Waals surface area contributed by atoms with E-state index in [2.05, 4.69) is 27.8 Å². The molecule has 0 aliphatic carbocycles. The smallest absolute Gasteiger partial charge is 0.408 e. The highest BCUT2D eigenvalue weighted by atomic mass is 79.9. The lowest BCUT2D eigenvalue weighted by Gasteiger charge is -2.44. The van der Waals surface area contributed by atoms with E-state index in [-0.39, 0.29) is 12.3 Å². The predicted octanol–water partition coefficient (Wildman–Crippen LogP) is 8.08. The van der Waals surface area contributed by atoms with Gasteiger partial charge in [0.15, 0.2) is 5.54 Å². The molecule has 1 aliphatic heterocycles. The minimum absolute atomic E-state index is 0.171. The van der Waals surface area contributed by atoms with Crippen molar-refractivity contribution in [3.63, 3.8) is 0 Å². The van der Waals surface area contributed by atoms with Crippen LogP contribution in [-0.2, 0) is 20.6 Å². The quantitative estimate of drug-likeness (QED) is 0.170. The number of rotatable bonds is 7. The first-order valence-corrected chi connectivity index (χ1v) is 14.4. The van der Waals surface area contributed by atoms with E-state index in [0.29, 0.717) is 11.3 Å². The minimum atomic E-state index is -1.44. The van der Waals surface area contributed by atoms with E-state index < -0.39 is 22.8 Å². The van der Waals surface area contributed by atoms with Crippen molar-refractivity contribution in [1.82, 2.24) is 5.32 Å². The summed E-state index contributed by atoms with van der Waals surface area (Å²) >= 11 is 3.64. The number of carbonyl (C=O) groups excluding carboxylic acids is 2. The number of carbonyl (C=O) groups is 2. The normalized spacial score (nSPS) is 16.7. The summed E-state index contributed by atoms with van der Waals surface area (Å²) < 4.78 is 6.48. The lowest BCUT2D eigenvalue weighted by molar-refractivity contribution is -0.125. The van der Waals surface area contributed by atoms with Gasteiger partial charge in [0.1, 0.15) is 11.1 Å². The second-order valence-corrected chi connectivity index (χ2v) is 12.1.